The number of amides is 2. The van der Waals surface area contributed by atoms with Crippen LogP contribution in [0.15, 0.2) is 42.5 Å². The molecule has 1 saturated heterocycles. The molecule has 2 aliphatic heterocycles. The Morgan fingerprint density at radius 1 is 1.03 bits per heavy atom. The SMILES string of the molecule is CC(=O)N1CCCC(C(=O)Nc2ccc3c(c2)CN(c2ccc(C(C)C)cc2)C3)C1. The molecule has 4 rings (SSSR count). The zero-order chi connectivity index (χ0) is 21.3. The number of hydrogen-bond donors (Lipinski definition) is 1. The third-order valence-electron chi connectivity index (χ3n) is 6.36. The summed E-state index contributed by atoms with van der Waals surface area (Å²) in [5.74, 6) is 0.464. The Balaban J connectivity index is 1.40. The standard InChI is InChI=1S/C25H31N3O2/c1-17(2)19-7-10-24(11-8-19)28-14-20-6-9-23(13-22(20)16-28)26-25(30)21-5-4-12-27(15-21)18(3)29/h6-11,13,17,21H,4-5,12,14-16H2,1-3H3,(H,26,30). The summed E-state index contributed by atoms with van der Waals surface area (Å²) < 4.78 is 0. The molecule has 1 fully saturated rings. The maximum Gasteiger partial charge on any atom is 0.229 e. The molecule has 158 valence electrons. The Morgan fingerprint density at radius 3 is 2.47 bits per heavy atom. The molecule has 5 heteroatoms. The summed E-state index contributed by atoms with van der Waals surface area (Å²) in [6, 6.07) is 15.0. The topological polar surface area (TPSA) is 52.7 Å². The van der Waals surface area contributed by atoms with Crippen LogP contribution in [0.2, 0.25) is 0 Å². The van der Waals surface area contributed by atoms with E-state index in [2.05, 4.69) is 60.5 Å². The first-order chi connectivity index (χ1) is 14.4. The largest absolute Gasteiger partial charge is 0.363 e. The van der Waals surface area contributed by atoms with Gasteiger partial charge in [-0.05, 0) is 59.7 Å². The van der Waals surface area contributed by atoms with Crippen molar-refractivity contribution in [3.63, 3.8) is 0 Å². The molecule has 2 aromatic rings. The second-order valence-electron chi connectivity index (χ2n) is 8.88. The monoisotopic (exact) mass is 405 g/mol. The van der Waals surface area contributed by atoms with E-state index in [-0.39, 0.29) is 17.7 Å². The highest BCUT2D eigenvalue weighted by molar-refractivity contribution is 5.93. The van der Waals surface area contributed by atoms with Gasteiger partial charge in [0.05, 0.1) is 5.92 Å². The smallest absolute Gasteiger partial charge is 0.229 e. The number of benzene rings is 2. The third-order valence-corrected chi connectivity index (χ3v) is 6.36. The first-order valence-corrected chi connectivity index (χ1v) is 10.9. The van der Waals surface area contributed by atoms with Gasteiger partial charge >= 0.3 is 0 Å². The van der Waals surface area contributed by atoms with Crippen molar-refractivity contribution in [3.05, 3.63) is 59.2 Å². The lowest BCUT2D eigenvalue weighted by atomic mass is 9.97. The molecule has 0 radical (unpaired) electrons. The van der Waals surface area contributed by atoms with E-state index in [0.717, 1.165) is 38.2 Å². The van der Waals surface area contributed by atoms with E-state index >= 15 is 0 Å². The number of likely N-dealkylation sites (tertiary alicyclic amines) is 1. The van der Waals surface area contributed by atoms with Gasteiger partial charge in [0, 0.05) is 44.5 Å². The summed E-state index contributed by atoms with van der Waals surface area (Å²) in [5.41, 5.74) is 5.99. The predicted octanol–water partition coefficient (Wildman–Crippen LogP) is 4.53. The number of piperidine rings is 1. The highest BCUT2D eigenvalue weighted by Crippen LogP contribution is 2.31. The van der Waals surface area contributed by atoms with Crippen molar-refractivity contribution in [3.8, 4) is 0 Å². The van der Waals surface area contributed by atoms with Crippen LogP contribution in [-0.4, -0.2) is 29.8 Å². The molecule has 2 aromatic carbocycles. The van der Waals surface area contributed by atoms with E-state index in [9.17, 15) is 9.59 Å². The van der Waals surface area contributed by atoms with Gasteiger partial charge in [-0.3, -0.25) is 9.59 Å². The van der Waals surface area contributed by atoms with Crippen LogP contribution < -0.4 is 10.2 Å². The summed E-state index contributed by atoms with van der Waals surface area (Å²) >= 11 is 0. The van der Waals surface area contributed by atoms with Crippen molar-refractivity contribution in [2.45, 2.75) is 52.6 Å². The summed E-state index contributed by atoms with van der Waals surface area (Å²) in [5, 5.41) is 3.08. The molecule has 5 nitrogen and oxygen atoms in total. The zero-order valence-corrected chi connectivity index (χ0v) is 18.1. The Kier molecular flexibility index (Phi) is 5.80. The summed E-state index contributed by atoms with van der Waals surface area (Å²) in [4.78, 5) is 28.5. The normalized spacial score (nSPS) is 18.5. The van der Waals surface area contributed by atoms with E-state index in [1.807, 2.05) is 6.07 Å². The molecular weight excluding hydrogens is 374 g/mol. The van der Waals surface area contributed by atoms with E-state index in [4.69, 9.17) is 0 Å². The van der Waals surface area contributed by atoms with Crippen molar-refractivity contribution >= 4 is 23.2 Å². The van der Waals surface area contributed by atoms with Crippen LogP contribution in [0.5, 0.6) is 0 Å². The highest BCUT2D eigenvalue weighted by atomic mass is 16.2. The number of rotatable bonds is 4. The van der Waals surface area contributed by atoms with Gasteiger partial charge in [0.15, 0.2) is 0 Å². The lowest BCUT2D eigenvalue weighted by Gasteiger charge is -2.31. The average molecular weight is 406 g/mol. The maximum absolute atomic E-state index is 12.7. The summed E-state index contributed by atoms with van der Waals surface area (Å²) in [7, 11) is 0. The summed E-state index contributed by atoms with van der Waals surface area (Å²) in [6.07, 6.45) is 1.72. The maximum atomic E-state index is 12.7. The van der Waals surface area contributed by atoms with E-state index in [1.54, 1.807) is 11.8 Å². The minimum absolute atomic E-state index is 0.0139. The Hall–Kier alpha value is -2.82. The van der Waals surface area contributed by atoms with Crippen molar-refractivity contribution < 1.29 is 9.59 Å². The third kappa shape index (κ3) is 4.35. The molecule has 1 unspecified atom stereocenters. The number of nitrogens with one attached hydrogen (secondary N) is 1. The minimum Gasteiger partial charge on any atom is -0.363 e. The molecule has 0 aliphatic carbocycles. The molecule has 0 aromatic heterocycles. The van der Waals surface area contributed by atoms with Crippen LogP contribution in [0.4, 0.5) is 11.4 Å². The van der Waals surface area contributed by atoms with Crippen LogP contribution in [0, 0.1) is 5.92 Å². The molecule has 2 amide bonds. The first-order valence-electron chi connectivity index (χ1n) is 10.9. The van der Waals surface area contributed by atoms with Crippen molar-refractivity contribution in [2.75, 3.05) is 23.3 Å². The highest BCUT2D eigenvalue weighted by Gasteiger charge is 2.27. The quantitative estimate of drug-likeness (QED) is 0.813. The van der Waals surface area contributed by atoms with E-state index in [1.165, 1.54) is 22.4 Å². The van der Waals surface area contributed by atoms with E-state index in [0.29, 0.717) is 12.5 Å². The number of carbonyl (C=O) groups is 2. The van der Waals surface area contributed by atoms with Crippen LogP contribution in [0.25, 0.3) is 0 Å². The Labute approximate surface area is 179 Å². The summed E-state index contributed by atoms with van der Waals surface area (Å²) in [6.45, 7) is 9.01. The Bertz CT molecular complexity index is 936. The van der Waals surface area contributed by atoms with Gasteiger partial charge in [0.1, 0.15) is 0 Å². The van der Waals surface area contributed by atoms with Gasteiger partial charge in [0.2, 0.25) is 11.8 Å². The van der Waals surface area contributed by atoms with Gasteiger partial charge in [-0.25, -0.2) is 0 Å². The molecule has 1 N–H and O–H groups in total. The van der Waals surface area contributed by atoms with E-state index < -0.39 is 0 Å². The lowest BCUT2D eigenvalue weighted by molar-refractivity contribution is -0.132. The lowest BCUT2D eigenvalue weighted by Crippen LogP contribution is -2.42. The van der Waals surface area contributed by atoms with Crippen molar-refractivity contribution in [1.29, 1.82) is 0 Å². The van der Waals surface area contributed by atoms with Gasteiger partial charge < -0.3 is 15.1 Å². The minimum atomic E-state index is -0.133. The number of carbonyl (C=O) groups excluding carboxylic acids is 2. The van der Waals surface area contributed by atoms with Crippen LogP contribution in [0.3, 0.4) is 0 Å². The molecular formula is C25H31N3O2. The molecule has 0 spiro atoms. The van der Waals surface area contributed by atoms with Gasteiger partial charge in [0.25, 0.3) is 0 Å². The number of nitrogens with zero attached hydrogens (tertiary/aromatic N) is 2. The van der Waals surface area contributed by atoms with Gasteiger partial charge in [-0.2, -0.15) is 0 Å². The van der Waals surface area contributed by atoms with Crippen molar-refractivity contribution in [2.24, 2.45) is 5.92 Å². The second-order valence-corrected chi connectivity index (χ2v) is 8.88. The molecule has 0 bridgehead atoms. The fourth-order valence-corrected chi connectivity index (χ4v) is 4.45. The van der Waals surface area contributed by atoms with Crippen LogP contribution in [0.1, 0.15) is 56.2 Å². The van der Waals surface area contributed by atoms with Gasteiger partial charge in [-0.1, -0.05) is 32.0 Å². The molecule has 30 heavy (non-hydrogen) atoms. The zero-order valence-electron chi connectivity index (χ0n) is 18.1. The molecule has 0 saturated carbocycles. The van der Waals surface area contributed by atoms with Crippen LogP contribution >= 0.6 is 0 Å². The fourth-order valence-electron chi connectivity index (χ4n) is 4.45. The second kappa shape index (κ2) is 8.50. The Morgan fingerprint density at radius 2 is 1.77 bits per heavy atom. The molecule has 2 aliphatic rings. The predicted molar refractivity (Wildman–Crippen MR) is 120 cm³/mol. The van der Waals surface area contributed by atoms with Crippen LogP contribution in [-0.2, 0) is 22.7 Å². The average Bonchev–Trinajstić information content (AvgIpc) is 3.17. The first kappa shape index (κ1) is 20.5. The fraction of sp³-hybridized carbons (Fsp3) is 0.440. The van der Waals surface area contributed by atoms with Crippen molar-refractivity contribution in [1.82, 2.24) is 4.90 Å². The van der Waals surface area contributed by atoms with Gasteiger partial charge in [-0.15, -0.1) is 0 Å². The molecule has 2 heterocycles. The number of fused-ring (bicyclic) bond motifs is 1. The number of hydrogen-bond acceptors (Lipinski definition) is 3. The number of anilines is 2. The molecule has 1 atom stereocenters.